The van der Waals surface area contributed by atoms with Crippen molar-refractivity contribution >= 4 is 23.0 Å². The molecule has 0 saturated heterocycles. The van der Waals surface area contributed by atoms with Gasteiger partial charge in [0.1, 0.15) is 12.2 Å². The largest absolute Gasteiger partial charge is 0.463 e. The number of fused-ring (bicyclic) bond motifs is 1. The van der Waals surface area contributed by atoms with Gasteiger partial charge in [0.05, 0.1) is 24.5 Å². The van der Waals surface area contributed by atoms with E-state index in [9.17, 15) is 9.59 Å². The van der Waals surface area contributed by atoms with Crippen LogP contribution in [-0.4, -0.2) is 29.2 Å². The molecule has 0 atom stereocenters. The summed E-state index contributed by atoms with van der Waals surface area (Å²) in [7, 11) is 0. The van der Waals surface area contributed by atoms with Gasteiger partial charge in [-0.25, -0.2) is 4.79 Å². The highest BCUT2D eigenvalue weighted by molar-refractivity contribution is 5.94. The molecular weight excluding hydrogens is 262 g/mol. The Balaban J connectivity index is 2.33. The van der Waals surface area contributed by atoms with Gasteiger partial charge in [0.25, 0.3) is 0 Å². The highest BCUT2D eigenvalue weighted by Gasteiger charge is 2.20. The van der Waals surface area contributed by atoms with Crippen LogP contribution in [0.1, 0.15) is 31.3 Å². The van der Waals surface area contributed by atoms with Gasteiger partial charge in [-0.2, -0.15) is 0 Å². The fraction of sp³-hybridized carbons (Fsp3) is 0.429. The van der Waals surface area contributed by atoms with Crippen molar-refractivity contribution in [3.63, 3.8) is 0 Å². The third-order valence-corrected chi connectivity index (χ3v) is 2.66. The number of nitrogens with zero attached hydrogens (tertiary/aromatic N) is 1. The Morgan fingerprint density at radius 2 is 2.15 bits per heavy atom. The van der Waals surface area contributed by atoms with Crippen LogP contribution in [0.4, 0.5) is 0 Å². The first-order valence-electron chi connectivity index (χ1n) is 6.46. The second-order valence-electron chi connectivity index (χ2n) is 4.54. The highest BCUT2D eigenvalue weighted by Crippen LogP contribution is 2.22. The van der Waals surface area contributed by atoms with Crippen molar-refractivity contribution in [2.45, 2.75) is 33.4 Å². The van der Waals surface area contributed by atoms with Crippen LogP contribution in [-0.2, 0) is 20.8 Å². The lowest BCUT2D eigenvalue weighted by Crippen LogP contribution is -2.20. The van der Waals surface area contributed by atoms with Gasteiger partial charge in [-0.15, -0.1) is 0 Å². The summed E-state index contributed by atoms with van der Waals surface area (Å²) in [5, 5.41) is 0. The smallest absolute Gasteiger partial charge is 0.355 e. The van der Waals surface area contributed by atoms with Gasteiger partial charge in [-0.1, -0.05) is 0 Å². The molecule has 0 aliphatic rings. The number of aromatic nitrogens is 1. The van der Waals surface area contributed by atoms with E-state index in [0.717, 1.165) is 0 Å². The number of furan rings is 1. The van der Waals surface area contributed by atoms with Crippen LogP contribution in [0, 0.1) is 0 Å². The first-order chi connectivity index (χ1) is 9.52. The lowest BCUT2D eigenvalue weighted by atomic mass is 10.4. The molecule has 20 heavy (non-hydrogen) atoms. The van der Waals surface area contributed by atoms with E-state index in [1.165, 1.54) is 6.26 Å². The fourth-order valence-electron chi connectivity index (χ4n) is 1.95. The van der Waals surface area contributed by atoms with Crippen molar-refractivity contribution < 1.29 is 23.5 Å². The molecule has 0 saturated carbocycles. The molecule has 0 bridgehead atoms. The second kappa shape index (κ2) is 5.81. The lowest BCUT2D eigenvalue weighted by molar-refractivity contribution is -0.148. The Morgan fingerprint density at radius 1 is 1.40 bits per heavy atom. The van der Waals surface area contributed by atoms with E-state index in [2.05, 4.69) is 0 Å². The Morgan fingerprint density at radius 3 is 2.80 bits per heavy atom. The summed E-state index contributed by atoms with van der Waals surface area (Å²) in [6.07, 6.45) is 1.30. The molecule has 2 rings (SSSR count). The Bertz CT molecular complexity index is 623. The lowest BCUT2D eigenvalue weighted by Gasteiger charge is -2.11. The molecule has 6 nitrogen and oxygen atoms in total. The van der Waals surface area contributed by atoms with Crippen LogP contribution in [0.25, 0.3) is 11.1 Å². The predicted molar refractivity (Wildman–Crippen MR) is 71.4 cm³/mol. The minimum atomic E-state index is -0.490. The minimum Gasteiger partial charge on any atom is -0.463 e. The van der Waals surface area contributed by atoms with Crippen molar-refractivity contribution in [2.75, 3.05) is 6.61 Å². The molecule has 0 radical (unpaired) electrons. The van der Waals surface area contributed by atoms with Gasteiger partial charge in [0.15, 0.2) is 5.58 Å². The summed E-state index contributed by atoms with van der Waals surface area (Å²) in [5.41, 5.74) is 1.47. The molecule has 0 N–H and O–H groups in total. The number of esters is 2. The zero-order valence-electron chi connectivity index (χ0n) is 11.7. The highest BCUT2D eigenvalue weighted by atomic mass is 16.5. The fourth-order valence-corrected chi connectivity index (χ4v) is 1.95. The normalized spacial score (nSPS) is 11.0. The third kappa shape index (κ3) is 2.84. The molecule has 2 aromatic rings. The van der Waals surface area contributed by atoms with Crippen molar-refractivity contribution in [3.8, 4) is 0 Å². The average molecular weight is 279 g/mol. The van der Waals surface area contributed by atoms with Crippen LogP contribution < -0.4 is 0 Å². The van der Waals surface area contributed by atoms with Gasteiger partial charge < -0.3 is 18.5 Å². The van der Waals surface area contributed by atoms with E-state index in [1.54, 1.807) is 37.5 Å². The monoisotopic (exact) mass is 279 g/mol. The standard InChI is InChI=1S/C14H17NO5/c1-4-18-14(17)11-7-12-10(5-6-19-12)15(11)8-13(16)20-9(2)3/h5-7,9H,4,8H2,1-3H3. The van der Waals surface area contributed by atoms with E-state index in [0.29, 0.717) is 11.1 Å². The SMILES string of the molecule is CCOC(=O)c1cc2occc2n1CC(=O)OC(C)C. The molecule has 2 heterocycles. The van der Waals surface area contributed by atoms with Crippen molar-refractivity contribution in [1.29, 1.82) is 0 Å². The maximum Gasteiger partial charge on any atom is 0.355 e. The van der Waals surface area contributed by atoms with Crippen LogP contribution >= 0.6 is 0 Å². The van der Waals surface area contributed by atoms with E-state index >= 15 is 0 Å². The Kier molecular flexibility index (Phi) is 4.12. The van der Waals surface area contributed by atoms with E-state index < -0.39 is 11.9 Å². The van der Waals surface area contributed by atoms with Crippen LogP contribution in [0.5, 0.6) is 0 Å². The summed E-state index contributed by atoms with van der Waals surface area (Å²) < 4.78 is 16.9. The summed E-state index contributed by atoms with van der Waals surface area (Å²) in [6.45, 7) is 5.47. The maximum absolute atomic E-state index is 11.9. The van der Waals surface area contributed by atoms with E-state index in [1.807, 2.05) is 0 Å². The molecule has 0 aliphatic heterocycles. The number of hydrogen-bond donors (Lipinski definition) is 0. The molecule has 0 amide bonds. The van der Waals surface area contributed by atoms with Crippen molar-refractivity contribution in [2.24, 2.45) is 0 Å². The van der Waals surface area contributed by atoms with Crippen molar-refractivity contribution in [3.05, 3.63) is 24.1 Å². The van der Waals surface area contributed by atoms with Gasteiger partial charge in [0.2, 0.25) is 0 Å². The number of carbonyl (C=O) groups is 2. The van der Waals surface area contributed by atoms with E-state index in [4.69, 9.17) is 13.9 Å². The zero-order chi connectivity index (χ0) is 14.7. The number of rotatable bonds is 5. The van der Waals surface area contributed by atoms with Gasteiger partial charge in [-0.3, -0.25) is 4.79 Å². The van der Waals surface area contributed by atoms with Gasteiger partial charge in [0, 0.05) is 12.1 Å². The average Bonchev–Trinajstić information content (AvgIpc) is 2.91. The Hall–Kier alpha value is -2.24. The molecule has 6 heteroatoms. The zero-order valence-corrected chi connectivity index (χ0v) is 11.7. The number of ether oxygens (including phenoxy) is 2. The molecule has 0 aromatic carbocycles. The van der Waals surface area contributed by atoms with Crippen LogP contribution in [0.2, 0.25) is 0 Å². The third-order valence-electron chi connectivity index (χ3n) is 2.66. The van der Waals surface area contributed by atoms with Crippen LogP contribution in [0.3, 0.4) is 0 Å². The molecular formula is C14H17NO5. The molecule has 0 spiro atoms. The second-order valence-corrected chi connectivity index (χ2v) is 4.54. The first-order valence-corrected chi connectivity index (χ1v) is 6.46. The quantitative estimate of drug-likeness (QED) is 0.786. The summed E-state index contributed by atoms with van der Waals surface area (Å²) >= 11 is 0. The molecule has 0 fully saturated rings. The molecule has 2 aromatic heterocycles. The van der Waals surface area contributed by atoms with Gasteiger partial charge >= 0.3 is 11.9 Å². The molecule has 0 aliphatic carbocycles. The maximum atomic E-state index is 11.9. The summed E-state index contributed by atoms with van der Waals surface area (Å²) in [6, 6.07) is 3.26. The van der Waals surface area contributed by atoms with E-state index in [-0.39, 0.29) is 24.9 Å². The number of hydrogen-bond acceptors (Lipinski definition) is 5. The van der Waals surface area contributed by atoms with Gasteiger partial charge in [-0.05, 0) is 20.8 Å². The molecule has 108 valence electrons. The minimum absolute atomic E-state index is 0.0602. The topological polar surface area (TPSA) is 70.7 Å². The summed E-state index contributed by atoms with van der Waals surface area (Å²) in [5.74, 6) is -0.902. The van der Waals surface area contributed by atoms with Crippen LogP contribution in [0.15, 0.2) is 22.8 Å². The summed E-state index contributed by atoms with van der Waals surface area (Å²) in [4.78, 5) is 23.7. The Labute approximate surface area is 116 Å². The predicted octanol–water partition coefficient (Wildman–Crippen LogP) is 2.36. The van der Waals surface area contributed by atoms with Crippen molar-refractivity contribution in [1.82, 2.24) is 4.57 Å². The number of carbonyl (C=O) groups excluding carboxylic acids is 2. The molecule has 0 unspecified atom stereocenters. The first kappa shape index (κ1) is 14.2.